The van der Waals surface area contributed by atoms with Gasteiger partial charge in [-0.3, -0.25) is 4.72 Å². The highest BCUT2D eigenvalue weighted by atomic mass is 32.2. The van der Waals surface area contributed by atoms with E-state index in [4.69, 9.17) is 0 Å². The number of hydrogen-bond acceptors (Lipinski definition) is 4. The molecule has 0 amide bonds. The quantitative estimate of drug-likeness (QED) is 0.902. The Morgan fingerprint density at radius 2 is 1.64 bits per heavy atom. The molecule has 1 saturated heterocycles. The summed E-state index contributed by atoms with van der Waals surface area (Å²) in [6.07, 6.45) is 5.41. The molecular weight excluding hydrogens is 334 g/mol. The van der Waals surface area contributed by atoms with Crippen molar-refractivity contribution in [1.29, 1.82) is 0 Å². The fraction of sp³-hybridized carbons (Fsp3) is 0.421. The lowest BCUT2D eigenvalue weighted by Gasteiger charge is -2.28. The third-order valence-electron chi connectivity index (χ3n) is 4.58. The fourth-order valence-corrected chi connectivity index (χ4v) is 5.03. The van der Waals surface area contributed by atoms with Gasteiger partial charge in [-0.1, -0.05) is 17.7 Å². The monoisotopic (exact) mass is 359 g/mol. The third-order valence-corrected chi connectivity index (χ3v) is 6.24. The van der Waals surface area contributed by atoms with Crippen molar-refractivity contribution in [3.63, 3.8) is 0 Å². The molecule has 134 valence electrons. The minimum atomic E-state index is -3.66. The van der Waals surface area contributed by atoms with Crippen LogP contribution in [0.5, 0.6) is 0 Å². The van der Waals surface area contributed by atoms with Gasteiger partial charge in [0.15, 0.2) is 0 Å². The van der Waals surface area contributed by atoms with Crippen LogP contribution < -0.4 is 9.62 Å². The number of rotatable bonds is 4. The number of pyridine rings is 1. The van der Waals surface area contributed by atoms with Crippen molar-refractivity contribution in [2.75, 3.05) is 22.7 Å². The Hall–Kier alpha value is -2.08. The SMILES string of the molecule is Cc1cc(C)c(S(=O)(=O)Nc2ccc(N3CCCCC3)cn2)c(C)c1. The first-order chi connectivity index (χ1) is 11.9. The van der Waals surface area contributed by atoms with E-state index in [2.05, 4.69) is 14.6 Å². The van der Waals surface area contributed by atoms with Crippen molar-refractivity contribution in [2.45, 2.75) is 44.9 Å². The second-order valence-corrected chi connectivity index (χ2v) is 8.40. The largest absolute Gasteiger partial charge is 0.370 e. The minimum Gasteiger partial charge on any atom is -0.370 e. The van der Waals surface area contributed by atoms with Crippen molar-refractivity contribution in [2.24, 2.45) is 0 Å². The number of benzene rings is 1. The molecule has 0 aliphatic carbocycles. The Kier molecular flexibility index (Phi) is 4.99. The summed E-state index contributed by atoms with van der Waals surface area (Å²) in [6, 6.07) is 7.44. The molecule has 0 atom stereocenters. The van der Waals surface area contributed by atoms with Crippen LogP contribution in [-0.2, 0) is 10.0 Å². The van der Waals surface area contributed by atoms with Gasteiger partial charge in [-0.25, -0.2) is 13.4 Å². The first-order valence-corrected chi connectivity index (χ1v) is 10.2. The molecule has 0 spiro atoms. The van der Waals surface area contributed by atoms with E-state index in [0.29, 0.717) is 10.7 Å². The van der Waals surface area contributed by atoms with Gasteiger partial charge in [0.05, 0.1) is 16.8 Å². The molecule has 1 aromatic heterocycles. The molecule has 5 nitrogen and oxygen atoms in total. The summed E-state index contributed by atoms with van der Waals surface area (Å²) in [6.45, 7) is 7.68. The summed E-state index contributed by atoms with van der Waals surface area (Å²) in [5, 5.41) is 0. The normalized spacial score (nSPS) is 15.2. The smallest absolute Gasteiger partial charge is 0.263 e. The fourth-order valence-electron chi connectivity index (χ4n) is 3.56. The van der Waals surface area contributed by atoms with Crippen molar-refractivity contribution in [1.82, 2.24) is 4.98 Å². The van der Waals surface area contributed by atoms with Crippen LogP contribution in [0.1, 0.15) is 36.0 Å². The van der Waals surface area contributed by atoms with E-state index in [9.17, 15) is 8.42 Å². The second kappa shape index (κ2) is 7.04. The predicted octanol–water partition coefficient (Wildman–Crippen LogP) is 3.80. The van der Waals surface area contributed by atoms with E-state index in [1.54, 1.807) is 12.3 Å². The molecular formula is C19H25N3O2S. The zero-order valence-corrected chi connectivity index (χ0v) is 15.9. The van der Waals surface area contributed by atoms with Crippen LogP contribution in [0.3, 0.4) is 0 Å². The molecule has 25 heavy (non-hydrogen) atoms. The highest BCUT2D eigenvalue weighted by molar-refractivity contribution is 7.92. The summed E-state index contributed by atoms with van der Waals surface area (Å²) < 4.78 is 28.2. The van der Waals surface area contributed by atoms with Crippen LogP contribution in [-0.4, -0.2) is 26.5 Å². The van der Waals surface area contributed by atoms with E-state index in [1.165, 1.54) is 19.3 Å². The molecule has 1 aromatic carbocycles. The Morgan fingerprint density at radius 3 is 2.20 bits per heavy atom. The van der Waals surface area contributed by atoms with Crippen LogP contribution >= 0.6 is 0 Å². The zero-order valence-electron chi connectivity index (χ0n) is 15.0. The van der Waals surface area contributed by atoms with Gasteiger partial charge >= 0.3 is 0 Å². The number of nitrogens with zero attached hydrogens (tertiary/aromatic N) is 2. The van der Waals surface area contributed by atoms with E-state index in [0.717, 1.165) is 35.5 Å². The molecule has 2 aromatic rings. The third kappa shape index (κ3) is 3.95. The predicted molar refractivity (Wildman–Crippen MR) is 102 cm³/mol. The summed E-state index contributed by atoms with van der Waals surface area (Å²) in [5.74, 6) is 0.347. The van der Waals surface area contributed by atoms with Gasteiger partial charge < -0.3 is 4.90 Å². The Bertz CT molecular complexity index is 832. The van der Waals surface area contributed by atoms with Gasteiger partial charge in [0.25, 0.3) is 10.0 Å². The number of aryl methyl sites for hydroxylation is 3. The maximum Gasteiger partial charge on any atom is 0.263 e. The van der Waals surface area contributed by atoms with Gasteiger partial charge in [-0.15, -0.1) is 0 Å². The average Bonchev–Trinajstić information content (AvgIpc) is 2.54. The van der Waals surface area contributed by atoms with Gasteiger partial charge in [0.2, 0.25) is 0 Å². The molecule has 1 aliphatic heterocycles. The van der Waals surface area contributed by atoms with Crippen LogP contribution in [0, 0.1) is 20.8 Å². The molecule has 0 unspecified atom stereocenters. The van der Waals surface area contributed by atoms with Crippen LogP contribution in [0.25, 0.3) is 0 Å². The summed E-state index contributed by atoms with van der Waals surface area (Å²) in [5.41, 5.74) is 3.59. The first kappa shape index (κ1) is 17.7. The maximum atomic E-state index is 12.8. The van der Waals surface area contributed by atoms with Gasteiger partial charge in [-0.05, 0) is 63.3 Å². The van der Waals surface area contributed by atoms with Crippen LogP contribution in [0.4, 0.5) is 11.5 Å². The molecule has 3 rings (SSSR count). The molecule has 0 radical (unpaired) electrons. The lowest BCUT2D eigenvalue weighted by atomic mass is 10.1. The number of sulfonamides is 1. The lowest BCUT2D eigenvalue weighted by Crippen LogP contribution is -2.29. The number of anilines is 2. The molecule has 1 fully saturated rings. The Morgan fingerprint density at radius 1 is 1.00 bits per heavy atom. The van der Waals surface area contributed by atoms with Crippen molar-refractivity contribution in [3.8, 4) is 0 Å². The summed E-state index contributed by atoms with van der Waals surface area (Å²) in [4.78, 5) is 6.94. The Labute approximate surface area is 150 Å². The molecule has 2 heterocycles. The minimum absolute atomic E-state index is 0.333. The van der Waals surface area contributed by atoms with E-state index < -0.39 is 10.0 Å². The van der Waals surface area contributed by atoms with Gasteiger partial charge in [-0.2, -0.15) is 0 Å². The van der Waals surface area contributed by atoms with Gasteiger partial charge in [0, 0.05) is 13.1 Å². The van der Waals surface area contributed by atoms with E-state index in [1.807, 2.05) is 39.0 Å². The summed E-state index contributed by atoms with van der Waals surface area (Å²) in [7, 11) is -3.66. The molecule has 0 bridgehead atoms. The average molecular weight is 359 g/mol. The molecule has 0 saturated carbocycles. The molecule has 1 aliphatic rings. The molecule has 6 heteroatoms. The van der Waals surface area contributed by atoms with E-state index in [-0.39, 0.29) is 0 Å². The highest BCUT2D eigenvalue weighted by Gasteiger charge is 2.20. The number of hydrogen-bond donors (Lipinski definition) is 1. The number of nitrogens with one attached hydrogen (secondary N) is 1. The maximum absolute atomic E-state index is 12.8. The second-order valence-electron chi connectivity index (χ2n) is 6.78. The topological polar surface area (TPSA) is 62.3 Å². The zero-order chi connectivity index (χ0) is 18.0. The first-order valence-electron chi connectivity index (χ1n) is 8.68. The summed E-state index contributed by atoms with van der Waals surface area (Å²) >= 11 is 0. The Balaban J connectivity index is 1.82. The van der Waals surface area contributed by atoms with Crippen molar-refractivity contribution >= 4 is 21.5 Å². The number of aromatic nitrogens is 1. The standard InChI is InChI=1S/C19H25N3O2S/c1-14-11-15(2)19(16(3)12-14)25(23,24)21-18-8-7-17(13-20-18)22-9-5-4-6-10-22/h7-8,11-13H,4-6,9-10H2,1-3H3,(H,20,21). The lowest BCUT2D eigenvalue weighted by molar-refractivity contribution is 0.577. The van der Waals surface area contributed by atoms with Crippen LogP contribution in [0.15, 0.2) is 35.4 Å². The van der Waals surface area contributed by atoms with Gasteiger partial charge in [0.1, 0.15) is 5.82 Å². The van der Waals surface area contributed by atoms with E-state index >= 15 is 0 Å². The van der Waals surface area contributed by atoms with Crippen molar-refractivity contribution < 1.29 is 8.42 Å². The van der Waals surface area contributed by atoms with Crippen LogP contribution in [0.2, 0.25) is 0 Å². The van der Waals surface area contributed by atoms with Crippen molar-refractivity contribution in [3.05, 3.63) is 47.2 Å². The highest BCUT2D eigenvalue weighted by Crippen LogP contribution is 2.25. The number of piperidine rings is 1. The molecule has 1 N–H and O–H groups in total.